The van der Waals surface area contributed by atoms with Crippen LogP contribution in [0, 0.1) is 0 Å². The topological polar surface area (TPSA) is 380 Å². The average molecular weight is 804 g/mol. The number of methoxy groups -OCH3 is 1. The SMILES string of the molecule is CO[C@@H]1[C@H](O[P@](=O)(NCCCOP(=O)(O)O)OC[C@@H]2C[C@@H](O)[C@H](n3ccc(N)nc3=O)O2)[C@@H](COP(=O)(O)O)O[C@H]1n1cnc2c(=O)[nH]c(N)nc21. The van der Waals surface area contributed by atoms with Gasteiger partial charge in [0.15, 0.2) is 23.6 Å². The van der Waals surface area contributed by atoms with E-state index in [-0.39, 0.29) is 42.3 Å². The molecule has 11 N–H and O–H groups in total. The maximum Gasteiger partial charge on any atom is 0.469 e. The fourth-order valence-electron chi connectivity index (χ4n) is 5.38. The van der Waals surface area contributed by atoms with Crippen LogP contribution < -0.4 is 27.8 Å². The number of phosphoric acid groups is 2. The predicted octanol–water partition coefficient (Wildman–Crippen LogP) is -2.19. The van der Waals surface area contributed by atoms with E-state index < -0.39 is 97.4 Å². The first-order valence-electron chi connectivity index (χ1n) is 15.0. The molecule has 290 valence electrons. The van der Waals surface area contributed by atoms with E-state index in [0.717, 1.165) is 10.9 Å². The summed E-state index contributed by atoms with van der Waals surface area (Å²) >= 11 is 0. The minimum Gasteiger partial charge on any atom is -0.388 e. The molecule has 0 aromatic carbocycles. The van der Waals surface area contributed by atoms with E-state index in [1.807, 2.05) is 0 Å². The fourth-order valence-corrected chi connectivity index (χ4v) is 7.68. The Morgan fingerprint density at radius 1 is 1.00 bits per heavy atom. The van der Waals surface area contributed by atoms with Gasteiger partial charge < -0.3 is 50.4 Å². The molecule has 5 rings (SSSR count). The number of aromatic amines is 1. The zero-order valence-electron chi connectivity index (χ0n) is 26.9. The Morgan fingerprint density at radius 3 is 2.40 bits per heavy atom. The maximum absolute atomic E-state index is 14.4. The smallest absolute Gasteiger partial charge is 0.388 e. The van der Waals surface area contributed by atoms with E-state index in [1.54, 1.807) is 0 Å². The van der Waals surface area contributed by atoms with Crippen LogP contribution >= 0.6 is 23.4 Å². The lowest BCUT2D eigenvalue weighted by molar-refractivity contribution is -0.0578. The molecule has 5 heterocycles. The number of ether oxygens (including phenoxy) is 3. The van der Waals surface area contributed by atoms with E-state index in [1.165, 1.54) is 23.9 Å². The first kappa shape index (κ1) is 40.2. The number of rotatable bonds is 17. The number of aliphatic hydroxyl groups excluding tert-OH is 1. The molecule has 2 aliphatic heterocycles. The number of hydrogen-bond acceptors (Lipinski definition) is 18. The highest BCUT2D eigenvalue weighted by Gasteiger charge is 2.51. The van der Waals surface area contributed by atoms with E-state index in [9.17, 15) is 38.2 Å². The van der Waals surface area contributed by atoms with Crippen molar-refractivity contribution in [2.75, 3.05) is 44.9 Å². The molecule has 0 unspecified atom stereocenters. The Labute approximate surface area is 291 Å². The highest BCUT2D eigenvalue weighted by atomic mass is 31.2. The molecule has 0 aliphatic carbocycles. The minimum atomic E-state index is -5.11. The van der Waals surface area contributed by atoms with E-state index in [4.69, 9.17) is 44.5 Å². The van der Waals surface area contributed by atoms with Crippen molar-refractivity contribution in [1.82, 2.24) is 34.2 Å². The number of aromatic nitrogens is 6. The van der Waals surface area contributed by atoms with Gasteiger partial charge in [0.1, 0.15) is 30.2 Å². The summed E-state index contributed by atoms with van der Waals surface area (Å²) in [4.78, 5) is 75.6. The summed E-state index contributed by atoms with van der Waals surface area (Å²) in [5.41, 5.74) is 9.53. The number of nitrogens with zero attached hydrogens (tertiary/aromatic N) is 5. The number of nitrogens with two attached hydrogens (primary N) is 2. The Morgan fingerprint density at radius 2 is 1.73 bits per heavy atom. The third-order valence-electron chi connectivity index (χ3n) is 7.56. The zero-order chi connectivity index (χ0) is 38.0. The van der Waals surface area contributed by atoms with Gasteiger partial charge in [-0.1, -0.05) is 0 Å². The molecule has 0 spiro atoms. The Kier molecular flexibility index (Phi) is 12.5. The van der Waals surface area contributed by atoms with Crippen LogP contribution in [0.3, 0.4) is 0 Å². The van der Waals surface area contributed by atoms with Crippen LogP contribution in [0.1, 0.15) is 25.3 Å². The number of aliphatic hydroxyl groups is 1. The van der Waals surface area contributed by atoms with Crippen molar-refractivity contribution in [2.45, 2.75) is 55.8 Å². The second-order valence-electron chi connectivity index (χ2n) is 11.3. The summed E-state index contributed by atoms with van der Waals surface area (Å²) in [5.74, 6) is -0.333. The van der Waals surface area contributed by atoms with Gasteiger partial charge in [-0.15, -0.1) is 0 Å². The minimum absolute atomic E-state index is 0.0590. The fraction of sp³-hybridized carbons (Fsp3) is 0.609. The number of anilines is 2. The van der Waals surface area contributed by atoms with Crippen molar-refractivity contribution in [2.24, 2.45) is 0 Å². The lowest BCUT2D eigenvalue weighted by Gasteiger charge is -2.28. The lowest BCUT2D eigenvalue weighted by Crippen LogP contribution is -2.39. The molecule has 52 heavy (non-hydrogen) atoms. The summed E-state index contributed by atoms with van der Waals surface area (Å²) in [6, 6.07) is 1.31. The van der Waals surface area contributed by atoms with Crippen molar-refractivity contribution >= 4 is 46.3 Å². The van der Waals surface area contributed by atoms with Crippen LogP contribution in [0.4, 0.5) is 11.8 Å². The Hall–Kier alpha value is -3.00. The molecular weight excluding hydrogens is 767 g/mol. The van der Waals surface area contributed by atoms with Crippen molar-refractivity contribution in [1.29, 1.82) is 0 Å². The number of nitrogen functional groups attached to an aromatic ring is 2. The second kappa shape index (κ2) is 16.2. The van der Waals surface area contributed by atoms with Crippen molar-refractivity contribution in [3.63, 3.8) is 0 Å². The standard InChI is InChI=1S/C23H36N9O17P3/c1-43-17-16(13(9-46-52(40,41)42)48-21(17)32-10-26-15-18(32)29-22(25)30-19(15)34)49-50(36,27-4-2-6-44-51(37,38)39)45-8-11-7-12(33)20(47-11)31-5-3-14(24)28-23(31)35/h3,5,10-13,16-17,20-21,33H,2,4,6-9H2,1H3,(H,27,36)(H2,24,28,35)(H2,37,38,39)(H2,40,41,42)(H3,25,29,30,34)/t11-,12+,13+,16+,17+,20+,21+,50-/m0/s1. The van der Waals surface area contributed by atoms with Gasteiger partial charge in [0, 0.05) is 26.3 Å². The van der Waals surface area contributed by atoms with Gasteiger partial charge in [-0.3, -0.25) is 37.0 Å². The summed E-state index contributed by atoms with van der Waals surface area (Å²) < 4.78 is 77.5. The molecule has 3 aromatic heterocycles. The van der Waals surface area contributed by atoms with E-state index >= 15 is 0 Å². The van der Waals surface area contributed by atoms with E-state index in [0.29, 0.717) is 0 Å². The highest BCUT2D eigenvalue weighted by Crippen LogP contribution is 2.51. The van der Waals surface area contributed by atoms with Gasteiger partial charge in [-0.05, 0) is 12.5 Å². The van der Waals surface area contributed by atoms with Crippen LogP contribution in [-0.2, 0) is 46.0 Å². The molecule has 2 fully saturated rings. The summed E-state index contributed by atoms with van der Waals surface area (Å²) in [6.45, 7) is -2.17. The molecule has 0 amide bonds. The van der Waals surface area contributed by atoms with Crippen LogP contribution in [-0.4, -0.2) is 118 Å². The Balaban J connectivity index is 1.40. The maximum atomic E-state index is 14.4. The van der Waals surface area contributed by atoms with Gasteiger partial charge in [0.25, 0.3) is 5.56 Å². The molecule has 2 saturated heterocycles. The van der Waals surface area contributed by atoms with Crippen molar-refractivity contribution in [3.05, 3.63) is 39.4 Å². The molecule has 0 saturated carbocycles. The van der Waals surface area contributed by atoms with Gasteiger partial charge in [0.05, 0.1) is 32.3 Å². The molecule has 0 radical (unpaired) electrons. The number of hydrogen-bond donors (Lipinski definition) is 9. The number of nitrogens with one attached hydrogen (secondary N) is 2. The largest absolute Gasteiger partial charge is 0.469 e. The summed E-state index contributed by atoms with van der Waals surface area (Å²) in [5, 5.41) is 13.2. The normalized spacial score (nSPS) is 26.6. The lowest BCUT2D eigenvalue weighted by atomic mass is 10.1. The van der Waals surface area contributed by atoms with Gasteiger partial charge >= 0.3 is 29.1 Å². The molecule has 29 heteroatoms. The molecule has 3 aromatic rings. The molecular formula is C23H36N9O17P3. The molecule has 2 aliphatic rings. The number of H-pyrrole nitrogens is 1. The number of imidazole rings is 1. The average Bonchev–Trinajstić information content (AvgIpc) is 3.72. The summed E-state index contributed by atoms with van der Waals surface area (Å²) in [7, 11) is -13.4. The summed E-state index contributed by atoms with van der Waals surface area (Å²) in [6.07, 6.45) is -6.91. The number of phosphoric ester groups is 2. The molecule has 26 nitrogen and oxygen atoms in total. The first-order valence-corrected chi connectivity index (χ1v) is 19.6. The second-order valence-corrected chi connectivity index (χ2v) is 15.5. The van der Waals surface area contributed by atoms with Crippen molar-refractivity contribution < 1.29 is 70.7 Å². The van der Waals surface area contributed by atoms with E-state index in [2.05, 4.69) is 34.1 Å². The van der Waals surface area contributed by atoms with Crippen LogP contribution in [0.2, 0.25) is 0 Å². The predicted molar refractivity (Wildman–Crippen MR) is 172 cm³/mol. The Bertz CT molecular complexity index is 1980. The van der Waals surface area contributed by atoms with Gasteiger partial charge in [-0.2, -0.15) is 9.97 Å². The van der Waals surface area contributed by atoms with Crippen LogP contribution in [0.15, 0.2) is 28.2 Å². The van der Waals surface area contributed by atoms with Gasteiger partial charge in [-0.25, -0.2) is 28.6 Å². The zero-order valence-corrected chi connectivity index (χ0v) is 29.6. The monoisotopic (exact) mass is 803 g/mol. The van der Waals surface area contributed by atoms with Crippen LogP contribution in [0.5, 0.6) is 0 Å². The third-order valence-corrected chi connectivity index (χ3v) is 10.2. The quantitative estimate of drug-likeness (QED) is 0.0517. The van der Waals surface area contributed by atoms with Crippen LogP contribution in [0.25, 0.3) is 11.2 Å². The van der Waals surface area contributed by atoms with Gasteiger partial charge in [0.2, 0.25) is 5.95 Å². The van der Waals surface area contributed by atoms with Crippen molar-refractivity contribution in [3.8, 4) is 0 Å². The first-order chi connectivity index (χ1) is 24.4. The molecule has 8 atom stereocenters. The number of fused-ring (bicyclic) bond motifs is 1. The molecule has 0 bridgehead atoms. The third kappa shape index (κ3) is 9.95. The highest BCUT2D eigenvalue weighted by molar-refractivity contribution is 7.51.